The van der Waals surface area contributed by atoms with Crippen LogP contribution in [0.2, 0.25) is 5.15 Å². The molecule has 0 fully saturated rings. The summed E-state index contributed by atoms with van der Waals surface area (Å²) in [4.78, 5) is 44.3. The first kappa shape index (κ1) is 32.8. The van der Waals surface area contributed by atoms with E-state index in [1.54, 1.807) is 6.92 Å². The fourth-order valence-corrected chi connectivity index (χ4v) is 5.02. The van der Waals surface area contributed by atoms with E-state index in [-0.39, 0.29) is 17.5 Å². The van der Waals surface area contributed by atoms with Crippen LogP contribution in [0.1, 0.15) is 60.4 Å². The number of benzene rings is 3. The molecule has 15 heteroatoms. The van der Waals surface area contributed by atoms with Crippen LogP contribution in [0.15, 0.2) is 72.8 Å². The first-order valence-corrected chi connectivity index (χ1v) is 15.1. The highest BCUT2D eigenvalue weighted by Gasteiger charge is 2.19. The molecule has 1 unspecified atom stereocenters. The summed E-state index contributed by atoms with van der Waals surface area (Å²) in [6.45, 7) is 3.89. The Kier molecular flexibility index (Phi) is 10.5. The molecule has 0 saturated carbocycles. The first-order chi connectivity index (χ1) is 22.7. The summed E-state index contributed by atoms with van der Waals surface area (Å²) >= 11 is 6.24. The quantitative estimate of drug-likeness (QED) is 0.0419. The van der Waals surface area contributed by atoms with Crippen LogP contribution in [-0.4, -0.2) is 47.3 Å². The molecule has 14 nitrogen and oxygen atoms in total. The SMILES string of the molecule is CCCCc1nc(Cl)c(C=O)n1Cc1ccc(-c2ccccc2-c2nnn(C(C)OC(=O)Oc3ccc(CO[N+](=O)[O-])cc3)n2)cc1. The van der Waals surface area contributed by atoms with Crippen LogP contribution in [0.25, 0.3) is 22.5 Å². The minimum atomic E-state index is -0.998. The summed E-state index contributed by atoms with van der Waals surface area (Å²) in [7, 11) is 0. The van der Waals surface area contributed by atoms with E-state index in [9.17, 15) is 19.7 Å². The molecule has 0 aliphatic carbocycles. The van der Waals surface area contributed by atoms with Crippen molar-refractivity contribution in [3.8, 4) is 28.3 Å². The molecule has 0 bridgehead atoms. The lowest BCUT2D eigenvalue weighted by Gasteiger charge is -2.12. The first-order valence-electron chi connectivity index (χ1n) is 14.7. The van der Waals surface area contributed by atoms with Crippen molar-refractivity contribution in [1.82, 2.24) is 29.8 Å². The van der Waals surface area contributed by atoms with Crippen LogP contribution in [0, 0.1) is 10.1 Å². The molecule has 0 aliphatic heterocycles. The average molecular weight is 660 g/mol. The van der Waals surface area contributed by atoms with Gasteiger partial charge in [0, 0.05) is 18.5 Å². The highest BCUT2D eigenvalue weighted by Crippen LogP contribution is 2.31. The molecule has 0 radical (unpaired) electrons. The van der Waals surface area contributed by atoms with Crippen LogP contribution in [-0.2, 0) is 29.1 Å². The Morgan fingerprint density at radius 1 is 1.04 bits per heavy atom. The van der Waals surface area contributed by atoms with E-state index in [4.69, 9.17) is 21.1 Å². The topological polar surface area (TPSA) is 166 Å². The molecule has 3 aromatic carbocycles. The van der Waals surface area contributed by atoms with Crippen molar-refractivity contribution in [3.05, 3.63) is 111 Å². The van der Waals surface area contributed by atoms with Gasteiger partial charge >= 0.3 is 6.16 Å². The Bertz CT molecular complexity index is 1860. The number of aromatic nitrogens is 6. The van der Waals surface area contributed by atoms with Gasteiger partial charge in [0.15, 0.2) is 11.4 Å². The van der Waals surface area contributed by atoms with Crippen LogP contribution in [0.4, 0.5) is 4.79 Å². The minimum absolute atomic E-state index is 0.175. The lowest BCUT2D eigenvalue weighted by atomic mass is 9.98. The Balaban J connectivity index is 1.26. The van der Waals surface area contributed by atoms with E-state index in [0.29, 0.717) is 29.2 Å². The van der Waals surface area contributed by atoms with E-state index in [2.05, 4.69) is 32.2 Å². The van der Waals surface area contributed by atoms with Crippen molar-refractivity contribution < 1.29 is 29.0 Å². The van der Waals surface area contributed by atoms with Gasteiger partial charge in [0.1, 0.15) is 23.9 Å². The van der Waals surface area contributed by atoms with Gasteiger partial charge in [0.2, 0.25) is 12.1 Å². The van der Waals surface area contributed by atoms with Crippen LogP contribution >= 0.6 is 11.6 Å². The lowest BCUT2D eigenvalue weighted by molar-refractivity contribution is -0.763. The van der Waals surface area contributed by atoms with Crippen LogP contribution in [0.3, 0.4) is 0 Å². The van der Waals surface area contributed by atoms with E-state index >= 15 is 0 Å². The molecule has 0 N–H and O–H groups in total. The minimum Gasteiger partial charge on any atom is -0.407 e. The number of halogens is 1. The van der Waals surface area contributed by atoms with Crippen molar-refractivity contribution >= 4 is 24.0 Å². The summed E-state index contributed by atoms with van der Waals surface area (Å²) < 4.78 is 12.4. The fraction of sp³-hybridized carbons (Fsp3) is 0.250. The summed E-state index contributed by atoms with van der Waals surface area (Å²) in [6.07, 6.45) is 1.47. The number of aryl methyl sites for hydroxylation is 1. The number of rotatable bonds is 14. The van der Waals surface area contributed by atoms with Crippen molar-refractivity contribution in [2.45, 2.75) is 52.5 Å². The van der Waals surface area contributed by atoms with Gasteiger partial charge in [0.05, 0.1) is 0 Å². The predicted molar refractivity (Wildman–Crippen MR) is 169 cm³/mol. The average Bonchev–Trinajstić information content (AvgIpc) is 3.68. The highest BCUT2D eigenvalue weighted by molar-refractivity contribution is 6.31. The smallest absolute Gasteiger partial charge is 0.407 e. The number of carbonyl (C=O) groups is 2. The number of aldehydes is 1. The van der Waals surface area contributed by atoms with Gasteiger partial charge in [-0.3, -0.25) is 4.79 Å². The normalized spacial score (nSPS) is 11.6. The molecular formula is C32H30ClN7O7. The third kappa shape index (κ3) is 8.16. The molecular weight excluding hydrogens is 630 g/mol. The second-order valence-corrected chi connectivity index (χ2v) is 10.8. The van der Waals surface area contributed by atoms with Gasteiger partial charge in [-0.25, -0.2) is 9.78 Å². The zero-order valence-corrected chi connectivity index (χ0v) is 26.2. The van der Waals surface area contributed by atoms with Gasteiger partial charge in [-0.05, 0) is 52.9 Å². The summed E-state index contributed by atoms with van der Waals surface area (Å²) in [6, 6.07) is 21.5. The molecule has 2 heterocycles. The van der Waals surface area contributed by atoms with Gasteiger partial charge < -0.3 is 18.9 Å². The molecule has 2 aromatic heterocycles. The van der Waals surface area contributed by atoms with E-state index in [1.807, 2.05) is 53.1 Å². The number of hydrogen-bond acceptors (Lipinski definition) is 11. The number of unbranched alkanes of at least 4 members (excludes halogenated alkanes) is 1. The van der Waals surface area contributed by atoms with Gasteiger partial charge in [-0.2, -0.15) is 0 Å². The van der Waals surface area contributed by atoms with E-state index < -0.39 is 17.5 Å². The maximum Gasteiger partial charge on any atom is 0.515 e. The third-order valence-corrected chi connectivity index (χ3v) is 7.44. The summed E-state index contributed by atoms with van der Waals surface area (Å²) in [5, 5.41) is 22.4. The third-order valence-electron chi connectivity index (χ3n) is 7.16. The van der Waals surface area contributed by atoms with Crippen molar-refractivity contribution in [2.75, 3.05) is 0 Å². The van der Waals surface area contributed by atoms with Crippen LogP contribution in [0.5, 0.6) is 5.75 Å². The Hall–Kier alpha value is -5.63. The van der Waals surface area contributed by atoms with Crippen molar-refractivity contribution in [1.29, 1.82) is 0 Å². The molecule has 0 amide bonds. The molecule has 47 heavy (non-hydrogen) atoms. The second kappa shape index (κ2) is 15.1. The number of nitrogens with zero attached hydrogens (tertiary/aromatic N) is 7. The predicted octanol–water partition coefficient (Wildman–Crippen LogP) is 6.50. The largest absolute Gasteiger partial charge is 0.515 e. The standard InChI is InChI=1S/C32H30ClN7O7/c1-3-4-9-29-34-30(33)28(19-41)38(29)18-22-10-14-24(15-11-22)26-7-5-6-8-27(26)31-35-37-39(36-31)21(2)46-32(42)47-25-16-12-23(13-17-25)20-45-40(43)44/h5-8,10-17,19,21H,3-4,9,18,20H2,1-2H3. The highest BCUT2D eigenvalue weighted by atomic mass is 35.5. The molecule has 0 spiro atoms. The van der Waals surface area contributed by atoms with Crippen molar-refractivity contribution in [2.24, 2.45) is 0 Å². The zero-order valence-electron chi connectivity index (χ0n) is 25.5. The number of imidazole rings is 1. The summed E-state index contributed by atoms with van der Waals surface area (Å²) in [5.74, 6) is 1.28. The molecule has 1 atom stereocenters. The van der Waals surface area contributed by atoms with E-state index in [1.165, 1.54) is 24.3 Å². The van der Waals surface area contributed by atoms with Gasteiger partial charge in [-0.1, -0.05) is 85.6 Å². The monoisotopic (exact) mass is 659 g/mol. The number of carbonyl (C=O) groups excluding carboxylic acids is 2. The molecule has 0 aliphatic rings. The van der Waals surface area contributed by atoms with Gasteiger partial charge in [0.25, 0.3) is 5.09 Å². The number of hydrogen-bond donors (Lipinski definition) is 0. The second-order valence-electron chi connectivity index (χ2n) is 10.4. The number of ether oxygens (including phenoxy) is 2. The molecule has 5 rings (SSSR count). The maximum atomic E-state index is 12.4. The molecule has 5 aromatic rings. The fourth-order valence-electron chi connectivity index (χ4n) is 4.77. The lowest BCUT2D eigenvalue weighted by Crippen LogP contribution is -2.19. The maximum absolute atomic E-state index is 12.4. The zero-order chi connectivity index (χ0) is 33.3. The molecule has 0 saturated heterocycles. The Labute approximate surface area is 274 Å². The number of tetrazole rings is 1. The molecule has 242 valence electrons. The Morgan fingerprint density at radius 2 is 1.74 bits per heavy atom. The van der Waals surface area contributed by atoms with Gasteiger partial charge in [-0.15, -0.1) is 25.1 Å². The summed E-state index contributed by atoms with van der Waals surface area (Å²) in [5.41, 5.74) is 4.36. The van der Waals surface area contributed by atoms with E-state index in [0.717, 1.165) is 52.9 Å². The Morgan fingerprint density at radius 3 is 2.43 bits per heavy atom. The van der Waals surface area contributed by atoms with Crippen LogP contribution < -0.4 is 4.74 Å². The van der Waals surface area contributed by atoms with Crippen molar-refractivity contribution in [3.63, 3.8) is 0 Å².